The lowest BCUT2D eigenvalue weighted by Gasteiger charge is -2.05. The van der Waals surface area contributed by atoms with E-state index in [1.165, 1.54) is 48.5 Å². The summed E-state index contributed by atoms with van der Waals surface area (Å²) >= 11 is 0. The Bertz CT molecular complexity index is 905. The molecule has 10 nitrogen and oxygen atoms in total. The van der Waals surface area contributed by atoms with Crippen LogP contribution in [0.15, 0.2) is 60.7 Å². The molecule has 1 saturated carbocycles. The summed E-state index contributed by atoms with van der Waals surface area (Å²) in [5.41, 5.74) is 0.969. The molecule has 0 aliphatic heterocycles. The number of amides is 2. The first kappa shape index (κ1) is 18.7. The fraction of sp³-hybridized carbons (Fsp3) is 0.111. The zero-order valence-electron chi connectivity index (χ0n) is 14.3. The molecular weight excluding hydrogens is 368 g/mol. The van der Waals surface area contributed by atoms with Gasteiger partial charge in [0.1, 0.15) is 0 Å². The summed E-state index contributed by atoms with van der Waals surface area (Å²) in [4.78, 5) is 44.9. The van der Waals surface area contributed by atoms with Crippen LogP contribution in [0.3, 0.4) is 0 Å². The van der Waals surface area contributed by atoms with Gasteiger partial charge in [0, 0.05) is 35.6 Å². The molecule has 0 radical (unpaired) electrons. The van der Waals surface area contributed by atoms with E-state index >= 15 is 0 Å². The Kier molecular flexibility index (Phi) is 4.86. The second-order valence-electron chi connectivity index (χ2n) is 6.12. The maximum absolute atomic E-state index is 12.3. The number of nitro groups is 2. The van der Waals surface area contributed by atoms with E-state index in [0.717, 1.165) is 0 Å². The van der Waals surface area contributed by atoms with Gasteiger partial charge in [-0.25, -0.2) is 0 Å². The average Bonchev–Trinajstić information content (AvgIpc) is 3.34. The van der Waals surface area contributed by atoms with Gasteiger partial charge in [-0.3, -0.25) is 29.8 Å². The summed E-state index contributed by atoms with van der Waals surface area (Å²) in [6.45, 7) is 3.73. The van der Waals surface area contributed by atoms with Crippen LogP contribution in [-0.4, -0.2) is 21.7 Å². The van der Waals surface area contributed by atoms with Crippen LogP contribution in [0, 0.1) is 32.1 Å². The third-order valence-corrected chi connectivity index (χ3v) is 4.28. The van der Waals surface area contributed by atoms with E-state index in [9.17, 15) is 29.8 Å². The monoisotopic (exact) mass is 382 g/mol. The molecule has 0 unspecified atom stereocenters. The van der Waals surface area contributed by atoms with Crippen molar-refractivity contribution >= 4 is 34.6 Å². The lowest BCUT2D eigenvalue weighted by atomic mass is 10.2. The van der Waals surface area contributed by atoms with E-state index in [4.69, 9.17) is 0 Å². The van der Waals surface area contributed by atoms with E-state index in [1.54, 1.807) is 0 Å². The van der Waals surface area contributed by atoms with E-state index < -0.39 is 33.5 Å². The largest absolute Gasteiger partial charge is 0.326 e. The Hall–Kier alpha value is -4.08. The van der Waals surface area contributed by atoms with Crippen molar-refractivity contribution in [2.75, 3.05) is 10.6 Å². The molecule has 1 aliphatic carbocycles. The van der Waals surface area contributed by atoms with Crippen LogP contribution in [-0.2, 0) is 9.59 Å². The van der Waals surface area contributed by atoms with Crippen molar-refractivity contribution in [3.05, 3.63) is 80.9 Å². The maximum atomic E-state index is 12.3. The number of carbonyl (C=O) groups excluding carboxylic acids is 2. The van der Waals surface area contributed by atoms with Crippen molar-refractivity contribution in [1.82, 2.24) is 0 Å². The predicted octanol–water partition coefficient (Wildman–Crippen LogP) is 2.88. The highest BCUT2D eigenvalue weighted by molar-refractivity contribution is 6.08. The van der Waals surface area contributed by atoms with Crippen LogP contribution in [0.1, 0.15) is 0 Å². The van der Waals surface area contributed by atoms with Crippen molar-refractivity contribution in [1.29, 1.82) is 0 Å². The zero-order chi connectivity index (χ0) is 20.4. The number of hydrogen-bond acceptors (Lipinski definition) is 6. The highest BCUT2D eigenvalue weighted by Gasteiger charge is 2.52. The van der Waals surface area contributed by atoms with Crippen molar-refractivity contribution in [2.45, 2.75) is 0 Å². The van der Waals surface area contributed by atoms with Crippen molar-refractivity contribution in [3.8, 4) is 0 Å². The number of carbonyl (C=O) groups is 2. The first-order chi connectivity index (χ1) is 13.3. The van der Waals surface area contributed by atoms with Crippen molar-refractivity contribution < 1.29 is 19.4 Å². The standard InChI is InChI=1S/C18H14N4O6/c1-10-15(17(23)19-11-2-6-13(7-3-11)21(25)26)16(10)18(24)20-12-4-8-14(9-5-12)22(27)28/h2-9,15-16H,1H2,(H,19,23)(H,20,24)/t15-,16+. The third kappa shape index (κ3) is 3.85. The maximum Gasteiger partial charge on any atom is 0.269 e. The molecule has 2 N–H and O–H groups in total. The van der Waals surface area contributed by atoms with E-state index in [-0.39, 0.29) is 11.4 Å². The molecule has 0 saturated heterocycles. The van der Waals surface area contributed by atoms with Gasteiger partial charge in [-0.2, -0.15) is 0 Å². The fourth-order valence-corrected chi connectivity index (χ4v) is 2.73. The third-order valence-electron chi connectivity index (χ3n) is 4.28. The number of nitrogens with one attached hydrogen (secondary N) is 2. The highest BCUT2D eigenvalue weighted by Crippen LogP contribution is 2.45. The van der Waals surface area contributed by atoms with Gasteiger partial charge >= 0.3 is 0 Å². The zero-order valence-corrected chi connectivity index (χ0v) is 14.3. The van der Waals surface area contributed by atoms with Crippen LogP contribution in [0.25, 0.3) is 0 Å². The van der Waals surface area contributed by atoms with Crippen LogP contribution < -0.4 is 10.6 Å². The van der Waals surface area contributed by atoms with Gasteiger partial charge in [-0.1, -0.05) is 12.2 Å². The molecule has 10 heteroatoms. The number of nitrogens with zero attached hydrogens (tertiary/aromatic N) is 2. The molecule has 2 amide bonds. The Morgan fingerprint density at radius 2 is 1.07 bits per heavy atom. The molecule has 142 valence electrons. The molecule has 1 aliphatic rings. The summed E-state index contributed by atoms with van der Waals surface area (Å²) in [7, 11) is 0. The number of anilines is 2. The molecule has 2 aromatic rings. The van der Waals surface area contributed by atoms with Crippen LogP contribution in [0.5, 0.6) is 0 Å². The Morgan fingerprint density at radius 3 is 1.36 bits per heavy atom. The molecule has 1 fully saturated rings. The number of benzene rings is 2. The van der Waals surface area contributed by atoms with Crippen LogP contribution in [0.2, 0.25) is 0 Å². The van der Waals surface area contributed by atoms with Crippen LogP contribution >= 0.6 is 0 Å². The van der Waals surface area contributed by atoms with Gasteiger partial charge in [0.15, 0.2) is 0 Å². The van der Waals surface area contributed by atoms with Gasteiger partial charge in [-0.05, 0) is 24.3 Å². The Balaban J connectivity index is 1.59. The van der Waals surface area contributed by atoms with E-state index in [2.05, 4.69) is 17.2 Å². The van der Waals surface area contributed by atoms with Crippen LogP contribution in [0.4, 0.5) is 22.7 Å². The number of non-ortho nitro benzene ring substituents is 2. The molecule has 28 heavy (non-hydrogen) atoms. The SMILES string of the molecule is C=C1[C@H](C(=O)Nc2ccc([N+](=O)[O-])cc2)[C@@H]1C(=O)Nc1ccc([N+](=O)[O-])cc1. The average molecular weight is 382 g/mol. The fourth-order valence-electron chi connectivity index (χ4n) is 2.73. The first-order valence-electron chi connectivity index (χ1n) is 8.07. The molecule has 0 heterocycles. The normalized spacial score (nSPS) is 17.5. The highest BCUT2D eigenvalue weighted by atomic mass is 16.6. The second-order valence-corrected chi connectivity index (χ2v) is 6.12. The molecule has 2 aromatic carbocycles. The minimum atomic E-state index is -0.715. The lowest BCUT2D eigenvalue weighted by molar-refractivity contribution is -0.385. The van der Waals surface area contributed by atoms with Gasteiger partial charge < -0.3 is 10.6 Å². The molecule has 0 bridgehead atoms. The van der Waals surface area contributed by atoms with E-state index in [0.29, 0.717) is 16.9 Å². The minimum absolute atomic E-state index is 0.103. The van der Waals surface area contributed by atoms with Gasteiger partial charge in [-0.15, -0.1) is 0 Å². The summed E-state index contributed by atoms with van der Waals surface area (Å²) in [6, 6.07) is 10.6. The van der Waals surface area contributed by atoms with Gasteiger partial charge in [0.05, 0.1) is 21.7 Å². The van der Waals surface area contributed by atoms with E-state index in [1.807, 2.05) is 0 Å². The molecule has 2 atom stereocenters. The summed E-state index contributed by atoms with van der Waals surface area (Å²) in [5, 5.41) is 26.5. The first-order valence-corrected chi connectivity index (χ1v) is 8.07. The Morgan fingerprint density at radius 1 is 0.750 bits per heavy atom. The summed E-state index contributed by atoms with van der Waals surface area (Å²) < 4.78 is 0. The summed E-state index contributed by atoms with van der Waals surface area (Å²) in [6.07, 6.45) is 0. The molecule has 0 aromatic heterocycles. The molecular formula is C18H14N4O6. The Labute approximate surface area is 158 Å². The number of nitro benzene ring substituents is 2. The van der Waals surface area contributed by atoms with Crippen molar-refractivity contribution in [2.24, 2.45) is 11.8 Å². The molecule has 3 rings (SSSR count). The predicted molar refractivity (Wildman–Crippen MR) is 99.6 cm³/mol. The second kappa shape index (κ2) is 7.27. The number of rotatable bonds is 6. The van der Waals surface area contributed by atoms with Gasteiger partial charge in [0.25, 0.3) is 11.4 Å². The number of hydrogen-bond donors (Lipinski definition) is 2. The smallest absolute Gasteiger partial charge is 0.269 e. The minimum Gasteiger partial charge on any atom is -0.326 e. The topological polar surface area (TPSA) is 144 Å². The molecule has 0 spiro atoms. The van der Waals surface area contributed by atoms with Gasteiger partial charge in [0.2, 0.25) is 11.8 Å². The van der Waals surface area contributed by atoms with Crippen molar-refractivity contribution in [3.63, 3.8) is 0 Å². The quantitative estimate of drug-likeness (QED) is 0.446. The summed E-state index contributed by atoms with van der Waals surface area (Å²) in [5.74, 6) is -2.31. The lowest BCUT2D eigenvalue weighted by Crippen LogP contribution is -2.20.